The van der Waals surface area contributed by atoms with Crippen molar-refractivity contribution in [2.24, 2.45) is 5.73 Å². The molecule has 2 heterocycles. The molecule has 1 aliphatic rings. The summed E-state index contributed by atoms with van der Waals surface area (Å²) < 4.78 is 0. The lowest BCUT2D eigenvalue weighted by atomic mass is 10.2. The normalized spacial score (nSPS) is 17.2. The van der Waals surface area contributed by atoms with Crippen molar-refractivity contribution < 1.29 is 4.79 Å². The van der Waals surface area contributed by atoms with E-state index in [9.17, 15) is 4.79 Å². The number of carbonyl (C=O) groups is 1. The lowest BCUT2D eigenvalue weighted by molar-refractivity contribution is -0.127. The minimum absolute atomic E-state index is 0.115. The Labute approximate surface area is 100 Å². The van der Waals surface area contributed by atoms with E-state index in [-0.39, 0.29) is 5.91 Å². The molecule has 0 spiro atoms. The van der Waals surface area contributed by atoms with E-state index >= 15 is 0 Å². The van der Waals surface area contributed by atoms with E-state index in [1.165, 1.54) is 6.33 Å². The molecule has 17 heavy (non-hydrogen) atoms. The molecule has 6 nitrogen and oxygen atoms in total. The molecule has 1 amide bonds. The Balaban J connectivity index is 2.23. The monoisotopic (exact) mass is 235 g/mol. The first-order chi connectivity index (χ1) is 8.22. The van der Waals surface area contributed by atoms with E-state index in [1.54, 1.807) is 11.1 Å². The van der Waals surface area contributed by atoms with E-state index in [0.29, 0.717) is 13.1 Å². The molecule has 1 fully saturated rings. The van der Waals surface area contributed by atoms with Gasteiger partial charge in [-0.2, -0.15) is 0 Å². The number of hydrogen-bond donors (Lipinski definition) is 1. The van der Waals surface area contributed by atoms with Crippen molar-refractivity contribution in [3.05, 3.63) is 18.1 Å². The molecule has 0 radical (unpaired) electrons. The molecule has 0 aromatic carbocycles. The fourth-order valence-electron chi connectivity index (χ4n) is 1.95. The zero-order valence-electron chi connectivity index (χ0n) is 9.96. The van der Waals surface area contributed by atoms with Gasteiger partial charge in [0.15, 0.2) is 0 Å². The summed E-state index contributed by atoms with van der Waals surface area (Å²) in [6, 6.07) is 0. The molecule has 0 bridgehead atoms. The van der Waals surface area contributed by atoms with Crippen molar-refractivity contribution in [2.75, 3.05) is 31.6 Å². The predicted octanol–water partition coefficient (Wildman–Crippen LogP) is -0.396. The molecule has 1 saturated heterocycles. The van der Waals surface area contributed by atoms with Crippen LogP contribution in [0, 0.1) is 0 Å². The van der Waals surface area contributed by atoms with Gasteiger partial charge in [-0.1, -0.05) is 0 Å². The van der Waals surface area contributed by atoms with Gasteiger partial charge >= 0.3 is 0 Å². The Morgan fingerprint density at radius 2 is 2.29 bits per heavy atom. The Hall–Kier alpha value is -1.69. The molecule has 0 atom stereocenters. The van der Waals surface area contributed by atoms with Crippen LogP contribution in [0.25, 0.3) is 0 Å². The first-order valence-electron chi connectivity index (χ1n) is 5.70. The van der Waals surface area contributed by atoms with E-state index in [0.717, 1.165) is 30.9 Å². The minimum atomic E-state index is 0.115. The average molecular weight is 235 g/mol. The van der Waals surface area contributed by atoms with Crippen molar-refractivity contribution >= 4 is 11.7 Å². The second kappa shape index (κ2) is 5.09. The quantitative estimate of drug-likeness (QED) is 0.755. The molecular formula is C11H17N5O. The maximum atomic E-state index is 11.8. The second-order valence-electron chi connectivity index (χ2n) is 4.17. The average Bonchev–Trinajstić information content (AvgIpc) is 2.52. The van der Waals surface area contributed by atoms with Crippen molar-refractivity contribution in [3.63, 3.8) is 0 Å². The Morgan fingerprint density at radius 3 is 3.06 bits per heavy atom. The second-order valence-corrected chi connectivity index (χ2v) is 4.17. The molecule has 1 aliphatic heterocycles. The SMILES string of the molecule is CN1CCCN(c2ncncc2CN)CC1=O. The van der Waals surface area contributed by atoms with Gasteiger partial charge in [-0.05, 0) is 6.42 Å². The van der Waals surface area contributed by atoms with Crippen LogP contribution >= 0.6 is 0 Å². The summed E-state index contributed by atoms with van der Waals surface area (Å²) in [5.74, 6) is 0.898. The molecule has 0 aliphatic carbocycles. The van der Waals surface area contributed by atoms with Crippen molar-refractivity contribution in [3.8, 4) is 0 Å². The zero-order valence-corrected chi connectivity index (χ0v) is 9.96. The van der Waals surface area contributed by atoms with Crippen molar-refractivity contribution in [2.45, 2.75) is 13.0 Å². The van der Waals surface area contributed by atoms with Gasteiger partial charge in [0, 0.05) is 38.4 Å². The van der Waals surface area contributed by atoms with Crippen LogP contribution in [-0.2, 0) is 11.3 Å². The smallest absolute Gasteiger partial charge is 0.241 e. The number of amides is 1. The molecular weight excluding hydrogens is 218 g/mol. The summed E-state index contributed by atoms with van der Waals surface area (Å²) in [5.41, 5.74) is 6.54. The number of hydrogen-bond acceptors (Lipinski definition) is 5. The van der Waals surface area contributed by atoms with Crippen LogP contribution in [0.5, 0.6) is 0 Å². The Kier molecular flexibility index (Phi) is 3.53. The number of carbonyl (C=O) groups excluding carboxylic acids is 1. The summed E-state index contributed by atoms with van der Waals surface area (Å²) in [4.78, 5) is 23.7. The van der Waals surface area contributed by atoms with Crippen LogP contribution in [-0.4, -0.2) is 47.5 Å². The molecule has 1 aromatic heterocycles. The molecule has 92 valence electrons. The lowest BCUT2D eigenvalue weighted by Gasteiger charge is -2.22. The summed E-state index contributed by atoms with van der Waals surface area (Å²) in [7, 11) is 1.83. The van der Waals surface area contributed by atoms with Crippen molar-refractivity contribution in [1.29, 1.82) is 0 Å². The Bertz CT molecular complexity index is 409. The van der Waals surface area contributed by atoms with Gasteiger partial charge in [0.05, 0.1) is 6.54 Å². The van der Waals surface area contributed by atoms with Gasteiger partial charge in [0.25, 0.3) is 0 Å². The fourth-order valence-corrected chi connectivity index (χ4v) is 1.95. The third-order valence-corrected chi connectivity index (χ3v) is 2.96. The van der Waals surface area contributed by atoms with Crippen LogP contribution < -0.4 is 10.6 Å². The third kappa shape index (κ3) is 2.52. The van der Waals surface area contributed by atoms with Gasteiger partial charge in [-0.3, -0.25) is 4.79 Å². The number of likely N-dealkylation sites (N-methyl/N-ethyl adjacent to an activating group) is 1. The standard InChI is InChI=1S/C11H17N5O/c1-15-3-2-4-16(7-10(15)17)11-9(5-12)6-13-8-14-11/h6,8H,2-5,7,12H2,1H3. The van der Waals surface area contributed by atoms with Gasteiger partial charge < -0.3 is 15.5 Å². The minimum Gasteiger partial charge on any atom is -0.347 e. The van der Waals surface area contributed by atoms with E-state index in [1.807, 2.05) is 11.9 Å². The molecule has 0 unspecified atom stereocenters. The van der Waals surface area contributed by atoms with Gasteiger partial charge in [-0.25, -0.2) is 9.97 Å². The highest BCUT2D eigenvalue weighted by molar-refractivity contribution is 5.81. The highest BCUT2D eigenvalue weighted by Gasteiger charge is 2.21. The van der Waals surface area contributed by atoms with Gasteiger partial charge in [0.2, 0.25) is 5.91 Å². The van der Waals surface area contributed by atoms with E-state index < -0.39 is 0 Å². The highest BCUT2D eigenvalue weighted by atomic mass is 16.2. The topological polar surface area (TPSA) is 75.3 Å². The molecule has 2 N–H and O–H groups in total. The largest absolute Gasteiger partial charge is 0.347 e. The summed E-state index contributed by atoms with van der Waals surface area (Å²) >= 11 is 0. The maximum absolute atomic E-state index is 11.8. The fraction of sp³-hybridized carbons (Fsp3) is 0.545. The number of anilines is 1. The van der Waals surface area contributed by atoms with E-state index in [4.69, 9.17) is 5.73 Å². The number of rotatable bonds is 2. The lowest BCUT2D eigenvalue weighted by Crippen LogP contribution is -2.35. The van der Waals surface area contributed by atoms with E-state index in [2.05, 4.69) is 9.97 Å². The van der Waals surface area contributed by atoms with Crippen LogP contribution in [0.1, 0.15) is 12.0 Å². The summed E-state index contributed by atoms with van der Waals surface area (Å²) in [6.45, 7) is 2.36. The van der Waals surface area contributed by atoms with Gasteiger partial charge in [0.1, 0.15) is 12.1 Å². The van der Waals surface area contributed by atoms with Crippen LogP contribution in [0.3, 0.4) is 0 Å². The predicted molar refractivity (Wildman–Crippen MR) is 64.4 cm³/mol. The maximum Gasteiger partial charge on any atom is 0.241 e. The Morgan fingerprint density at radius 1 is 1.47 bits per heavy atom. The zero-order chi connectivity index (χ0) is 12.3. The highest BCUT2D eigenvalue weighted by Crippen LogP contribution is 2.17. The van der Waals surface area contributed by atoms with Crippen LogP contribution in [0.4, 0.5) is 5.82 Å². The molecule has 0 saturated carbocycles. The van der Waals surface area contributed by atoms with Gasteiger partial charge in [-0.15, -0.1) is 0 Å². The summed E-state index contributed by atoms with van der Waals surface area (Å²) in [5, 5.41) is 0. The molecule has 1 aromatic rings. The summed E-state index contributed by atoms with van der Waals surface area (Å²) in [6.07, 6.45) is 4.14. The third-order valence-electron chi connectivity index (χ3n) is 2.96. The first-order valence-corrected chi connectivity index (χ1v) is 5.70. The number of aromatic nitrogens is 2. The molecule has 6 heteroatoms. The molecule has 2 rings (SSSR count). The number of nitrogens with two attached hydrogens (primary N) is 1. The van der Waals surface area contributed by atoms with Crippen LogP contribution in [0.2, 0.25) is 0 Å². The first kappa shape index (κ1) is 11.8. The number of nitrogens with zero attached hydrogens (tertiary/aromatic N) is 4. The van der Waals surface area contributed by atoms with Crippen LogP contribution in [0.15, 0.2) is 12.5 Å². The van der Waals surface area contributed by atoms with Crippen molar-refractivity contribution in [1.82, 2.24) is 14.9 Å².